The molecule has 134 valence electrons. The van der Waals surface area contributed by atoms with E-state index in [-0.39, 0.29) is 12.0 Å². The van der Waals surface area contributed by atoms with Gasteiger partial charge < -0.3 is 19.3 Å². The molecule has 0 aromatic heterocycles. The van der Waals surface area contributed by atoms with E-state index >= 15 is 0 Å². The molecule has 0 N–H and O–H groups in total. The average Bonchev–Trinajstić information content (AvgIpc) is 3.03. The molecule has 1 fully saturated rings. The third-order valence-electron chi connectivity index (χ3n) is 4.23. The third kappa shape index (κ3) is 5.80. The first-order chi connectivity index (χ1) is 11.5. The lowest BCUT2D eigenvalue weighted by Gasteiger charge is -2.29. The van der Waals surface area contributed by atoms with Crippen LogP contribution in [-0.4, -0.2) is 68.3 Å². The Morgan fingerprint density at radius 3 is 2.79 bits per heavy atom. The molecular weight excluding hydrogens is 304 g/mol. The number of hydrogen-bond donors (Lipinski definition) is 0. The molecular formula is C19H30N2O3. The molecule has 0 bridgehead atoms. The summed E-state index contributed by atoms with van der Waals surface area (Å²) in [6, 6.07) is 7.80. The highest BCUT2D eigenvalue weighted by Gasteiger charge is 2.26. The average molecular weight is 334 g/mol. The second kappa shape index (κ2) is 9.04. The summed E-state index contributed by atoms with van der Waals surface area (Å²) in [5, 5.41) is 0. The minimum Gasteiger partial charge on any atom is -0.481 e. The van der Waals surface area contributed by atoms with Crippen molar-refractivity contribution in [3.05, 3.63) is 29.8 Å². The number of aryl methyl sites for hydroxylation is 1. The quantitative estimate of drug-likeness (QED) is 0.732. The van der Waals surface area contributed by atoms with Crippen molar-refractivity contribution in [1.29, 1.82) is 0 Å². The van der Waals surface area contributed by atoms with E-state index in [1.807, 2.05) is 57.1 Å². The van der Waals surface area contributed by atoms with E-state index < -0.39 is 6.10 Å². The lowest BCUT2D eigenvalue weighted by molar-refractivity contribution is -0.139. The molecule has 0 saturated carbocycles. The standard InChI is InChI=1S/C19H30N2O3/c1-15-7-5-8-17(13-15)24-16(2)19(22)21(11-10-20(3)4)14-18-9-6-12-23-18/h5,7-8,13,16,18H,6,9-12,14H2,1-4H3/t16-,18-/m1/s1. The molecule has 24 heavy (non-hydrogen) atoms. The molecule has 5 heteroatoms. The molecule has 1 aromatic rings. The number of nitrogens with zero attached hydrogens (tertiary/aromatic N) is 2. The zero-order chi connectivity index (χ0) is 17.5. The summed E-state index contributed by atoms with van der Waals surface area (Å²) in [5.41, 5.74) is 1.12. The normalized spacial score (nSPS) is 18.6. The fourth-order valence-corrected chi connectivity index (χ4v) is 2.85. The summed E-state index contributed by atoms with van der Waals surface area (Å²) in [4.78, 5) is 16.8. The van der Waals surface area contributed by atoms with Crippen LogP contribution in [0.25, 0.3) is 0 Å². The maximum Gasteiger partial charge on any atom is 0.263 e. The van der Waals surface area contributed by atoms with Gasteiger partial charge in [-0.3, -0.25) is 4.79 Å². The molecule has 1 amide bonds. The monoisotopic (exact) mass is 334 g/mol. The topological polar surface area (TPSA) is 42.0 Å². The number of carbonyl (C=O) groups excluding carboxylic acids is 1. The van der Waals surface area contributed by atoms with E-state index in [9.17, 15) is 4.79 Å². The van der Waals surface area contributed by atoms with Crippen LogP contribution in [0.1, 0.15) is 25.3 Å². The maximum atomic E-state index is 12.9. The van der Waals surface area contributed by atoms with Gasteiger partial charge in [0.25, 0.3) is 5.91 Å². The Hall–Kier alpha value is -1.59. The van der Waals surface area contributed by atoms with E-state index in [0.29, 0.717) is 13.1 Å². The summed E-state index contributed by atoms with van der Waals surface area (Å²) in [5.74, 6) is 0.759. The Morgan fingerprint density at radius 2 is 2.17 bits per heavy atom. The Kier molecular flexibility index (Phi) is 7.06. The molecule has 0 spiro atoms. The molecule has 2 rings (SSSR count). The first-order valence-electron chi connectivity index (χ1n) is 8.74. The number of carbonyl (C=O) groups is 1. The summed E-state index contributed by atoms with van der Waals surface area (Å²) in [6.45, 7) is 6.80. The first-order valence-corrected chi connectivity index (χ1v) is 8.74. The van der Waals surface area contributed by atoms with Gasteiger partial charge in [0.1, 0.15) is 5.75 Å². The van der Waals surface area contributed by atoms with Crippen molar-refractivity contribution in [2.45, 2.75) is 38.9 Å². The van der Waals surface area contributed by atoms with Crippen LogP contribution >= 0.6 is 0 Å². The van der Waals surface area contributed by atoms with Gasteiger partial charge in [0.05, 0.1) is 6.10 Å². The fraction of sp³-hybridized carbons (Fsp3) is 0.632. The summed E-state index contributed by atoms with van der Waals surface area (Å²) in [7, 11) is 4.03. The van der Waals surface area contributed by atoms with Crippen molar-refractivity contribution in [2.24, 2.45) is 0 Å². The van der Waals surface area contributed by atoms with Crippen LogP contribution in [0.5, 0.6) is 5.75 Å². The Labute approximate surface area is 145 Å². The van der Waals surface area contributed by atoms with Gasteiger partial charge in [-0.25, -0.2) is 0 Å². The zero-order valence-electron chi connectivity index (χ0n) is 15.3. The smallest absolute Gasteiger partial charge is 0.263 e. The van der Waals surface area contributed by atoms with Gasteiger partial charge in [-0.2, -0.15) is 0 Å². The number of ether oxygens (including phenoxy) is 2. The number of rotatable bonds is 8. The molecule has 1 aromatic carbocycles. The molecule has 0 radical (unpaired) electrons. The number of likely N-dealkylation sites (N-methyl/N-ethyl adjacent to an activating group) is 1. The van der Waals surface area contributed by atoms with Crippen LogP contribution < -0.4 is 4.74 Å². The van der Waals surface area contributed by atoms with Crippen molar-refractivity contribution in [3.8, 4) is 5.75 Å². The fourth-order valence-electron chi connectivity index (χ4n) is 2.85. The minimum atomic E-state index is -0.504. The molecule has 1 saturated heterocycles. The van der Waals surface area contributed by atoms with Crippen LogP contribution in [0.2, 0.25) is 0 Å². The molecule has 1 aliphatic rings. The lowest BCUT2D eigenvalue weighted by Crippen LogP contribution is -2.46. The van der Waals surface area contributed by atoms with Crippen LogP contribution in [0, 0.1) is 6.92 Å². The predicted molar refractivity (Wildman–Crippen MR) is 95.4 cm³/mol. The van der Waals surface area contributed by atoms with Crippen LogP contribution in [0.3, 0.4) is 0 Å². The Balaban J connectivity index is 1.98. The second-order valence-corrected chi connectivity index (χ2v) is 6.80. The second-order valence-electron chi connectivity index (χ2n) is 6.80. The first kappa shape index (κ1) is 18.7. The molecule has 2 atom stereocenters. The molecule has 5 nitrogen and oxygen atoms in total. The van der Waals surface area contributed by atoms with Crippen molar-refractivity contribution in [1.82, 2.24) is 9.80 Å². The number of amides is 1. The summed E-state index contributed by atoms with van der Waals surface area (Å²) < 4.78 is 11.6. The summed E-state index contributed by atoms with van der Waals surface area (Å²) in [6.07, 6.45) is 1.76. The van der Waals surface area contributed by atoms with Crippen molar-refractivity contribution < 1.29 is 14.3 Å². The van der Waals surface area contributed by atoms with Gasteiger partial charge in [0, 0.05) is 26.2 Å². The van der Waals surface area contributed by atoms with Crippen LogP contribution in [-0.2, 0) is 9.53 Å². The predicted octanol–water partition coefficient (Wildman–Crippen LogP) is 2.33. The van der Waals surface area contributed by atoms with E-state index in [2.05, 4.69) is 4.90 Å². The van der Waals surface area contributed by atoms with E-state index in [1.165, 1.54) is 0 Å². The van der Waals surface area contributed by atoms with Gasteiger partial charge in [0.15, 0.2) is 6.10 Å². The Morgan fingerprint density at radius 1 is 1.38 bits per heavy atom. The number of hydrogen-bond acceptors (Lipinski definition) is 4. The zero-order valence-corrected chi connectivity index (χ0v) is 15.3. The highest BCUT2D eigenvalue weighted by molar-refractivity contribution is 5.81. The van der Waals surface area contributed by atoms with Crippen molar-refractivity contribution in [2.75, 3.05) is 40.3 Å². The van der Waals surface area contributed by atoms with Gasteiger partial charge in [-0.1, -0.05) is 12.1 Å². The number of benzene rings is 1. The highest BCUT2D eigenvalue weighted by atomic mass is 16.5. The SMILES string of the molecule is Cc1cccc(O[C@H](C)C(=O)N(CCN(C)C)C[C@H]2CCCO2)c1. The molecule has 0 unspecified atom stereocenters. The van der Waals surface area contributed by atoms with E-state index in [1.54, 1.807) is 0 Å². The van der Waals surface area contributed by atoms with Crippen LogP contribution in [0.15, 0.2) is 24.3 Å². The van der Waals surface area contributed by atoms with Gasteiger partial charge in [0.2, 0.25) is 0 Å². The molecule has 1 aliphatic heterocycles. The lowest BCUT2D eigenvalue weighted by atomic mass is 10.2. The van der Waals surface area contributed by atoms with Crippen LogP contribution in [0.4, 0.5) is 0 Å². The van der Waals surface area contributed by atoms with Gasteiger partial charge >= 0.3 is 0 Å². The Bertz CT molecular complexity index is 527. The largest absolute Gasteiger partial charge is 0.481 e. The highest BCUT2D eigenvalue weighted by Crippen LogP contribution is 2.17. The van der Waals surface area contributed by atoms with E-state index in [4.69, 9.17) is 9.47 Å². The molecule has 1 heterocycles. The van der Waals surface area contributed by atoms with Crippen molar-refractivity contribution in [3.63, 3.8) is 0 Å². The molecule has 0 aliphatic carbocycles. The third-order valence-corrected chi connectivity index (χ3v) is 4.23. The van der Waals surface area contributed by atoms with Gasteiger partial charge in [-0.05, 0) is 58.5 Å². The van der Waals surface area contributed by atoms with Crippen molar-refractivity contribution >= 4 is 5.91 Å². The summed E-state index contributed by atoms with van der Waals surface area (Å²) >= 11 is 0. The van der Waals surface area contributed by atoms with Gasteiger partial charge in [-0.15, -0.1) is 0 Å². The maximum absolute atomic E-state index is 12.9. The minimum absolute atomic E-state index is 0.0221. The van der Waals surface area contributed by atoms with E-state index in [0.717, 1.165) is 37.3 Å².